The van der Waals surface area contributed by atoms with Gasteiger partial charge in [0, 0.05) is 37.2 Å². The Kier molecular flexibility index (Phi) is 17.1. The summed E-state index contributed by atoms with van der Waals surface area (Å²) < 4.78 is 0. The molecule has 0 saturated heterocycles. The molecule has 5 heteroatoms. The van der Waals surface area contributed by atoms with Crippen LogP contribution >= 0.6 is 0 Å². The minimum Gasteiger partial charge on any atom is -0.358 e. The van der Waals surface area contributed by atoms with Gasteiger partial charge in [-0.1, -0.05) is 112 Å². The summed E-state index contributed by atoms with van der Waals surface area (Å²) in [6.45, 7) is 4.26. The molecule has 2 aromatic carbocycles. The van der Waals surface area contributed by atoms with Crippen molar-refractivity contribution < 1.29 is 9.59 Å². The largest absolute Gasteiger partial charge is 0.358 e. The predicted molar refractivity (Wildman–Crippen MR) is 172 cm³/mol. The maximum Gasteiger partial charge on any atom is 0.237 e. The van der Waals surface area contributed by atoms with Gasteiger partial charge in [0.15, 0.2) is 0 Å². The molecule has 5 nitrogen and oxygen atoms in total. The van der Waals surface area contributed by atoms with Crippen molar-refractivity contribution in [3.8, 4) is 11.8 Å². The number of rotatable bonds is 20. The van der Waals surface area contributed by atoms with E-state index in [2.05, 4.69) is 48.0 Å². The molecule has 0 aromatic heterocycles. The molecule has 0 aliphatic rings. The van der Waals surface area contributed by atoms with Gasteiger partial charge in [-0.25, -0.2) is 0 Å². The van der Waals surface area contributed by atoms with Crippen LogP contribution in [0.25, 0.3) is 0 Å². The highest BCUT2D eigenvalue weighted by atomic mass is 16.2. The molecular weight excluding hydrogens is 506 g/mol. The molecule has 1 amide bonds. The van der Waals surface area contributed by atoms with Crippen LogP contribution in [0.1, 0.15) is 117 Å². The van der Waals surface area contributed by atoms with Crippen LogP contribution < -0.4 is 11.1 Å². The second kappa shape index (κ2) is 20.6. The van der Waals surface area contributed by atoms with Gasteiger partial charge in [-0.05, 0) is 49.9 Å². The van der Waals surface area contributed by atoms with Gasteiger partial charge in [-0.15, -0.1) is 6.58 Å². The van der Waals surface area contributed by atoms with Gasteiger partial charge in [-0.3, -0.25) is 14.5 Å². The van der Waals surface area contributed by atoms with E-state index >= 15 is 0 Å². The zero-order valence-electron chi connectivity index (χ0n) is 25.4. The van der Waals surface area contributed by atoms with Crippen LogP contribution in [0.3, 0.4) is 0 Å². The third-order valence-electron chi connectivity index (χ3n) is 7.74. The second-order valence-electron chi connectivity index (χ2n) is 10.9. The number of allylic oxidation sites excluding steroid dienone is 1. The molecule has 0 aliphatic heterocycles. The highest BCUT2D eigenvalue weighted by Gasteiger charge is 2.23. The normalized spacial score (nSPS) is 12.3. The van der Waals surface area contributed by atoms with Crippen molar-refractivity contribution in [2.24, 2.45) is 5.73 Å². The summed E-state index contributed by atoms with van der Waals surface area (Å²) in [7, 11) is 3.57. The molecule has 41 heavy (non-hydrogen) atoms. The molecule has 0 fully saturated rings. The first-order valence-corrected chi connectivity index (χ1v) is 15.4. The summed E-state index contributed by atoms with van der Waals surface area (Å²) in [6.07, 6.45) is 17.2. The number of aldehydes is 1. The molecule has 0 spiro atoms. The number of nitrogens with two attached hydrogens (primary N) is 1. The van der Waals surface area contributed by atoms with Crippen molar-refractivity contribution in [2.45, 2.75) is 102 Å². The van der Waals surface area contributed by atoms with E-state index in [1.54, 1.807) is 7.05 Å². The molecule has 222 valence electrons. The average molecular weight is 558 g/mol. The van der Waals surface area contributed by atoms with Crippen molar-refractivity contribution in [1.29, 1.82) is 0 Å². The first kappa shape index (κ1) is 34.0. The second-order valence-corrected chi connectivity index (χ2v) is 10.9. The molecule has 2 aromatic rings. The molecule has 3 N–H and O–H groups in total. The zero-order chi connectivity index (χ0) is 29.7. The van der Waals surface area contributed by atoms with E-state index in [1.807, 2.05) is 42.3 Å². The van der Waals surface area contributed by atoms with Crippen LogP contribution in [0, 0.1) is 11.8 Å². The monoisotopic (exact) mass is 557 g/mol. The molecule has 2 atom stereocenters. The number of amides is 1. The number of carbonyl (C=O) groups is 2. The number of unbranched alkanes of at least 4 members (excludes halogenated alkanes) is 9. The van der Waals surface area contributed by atoms with Gasteiger partial charge in [0.2, 0.25) is 5.91 Å². The lowest BCUT2D eigenvalue weighted by Crippen LogP contribution is -2.43. The van der Waals surface area contributed by atoms with E-state index < -0.39 is 0 Å². The maximum absolute atomic E-state index is 12.5. The van der Waals surface area contributed by atoms with E-state index in [4.69, 9.17) is 5.73 Å². The molecule has 0 bridgehead atoms. The maximum atomic E-state index is 12.5. The summed E-state index contributed by atoms with van der Waals surface area (Å²) in [5.41, 5.74) is 9.91. The Morgan fingerprint density at radius 1 is 0.951 bits per heavy atom. The summed E-state index contributed by atoms with van der Waals surface area (Å²) >= 11 is 0. The lowest BCUT2D eigenvalue weighted by atomic mass is 9.99. The van der Waals surface area contributed by atoms with Gasteiger partial charge in [0.25, 0.3) is 0 Å². The van der Waals surface area contributed by atoms with Crippen molar-refractivity contribution in [1.82, 2.24) is 10.2 Å². The fraction of sp³-hybridized carbons (Fsp3) is 0.500. The Morgan fingerprint density at radius 3 is 2.24 bits per heavy atom. The Balaban J connectivity index is 1.69. The highest BCUT2D eigenvalue weighted by Crippen LogP contribution is 2.20. The van der Waals surface area contributed by atoms with E-state index in [0.717, 1.165) is 43.1 Å². The van der Waals surface area contributed by atoms with Gasteiger partial charge < -0.3 is 11.1 Å². The van der Waals surface area contributed by atoms with E-state index in [0.29, 0.717) is 18.5 Å². The van der Waals surface area contributed by atoms with Crippen molar-refractivity contribution in [2.75, 3.05) is 14.1 Å². The van der Waals surface area contributed by atoms with Gasteiger partial charge in [0.05, 0.1) is 6.04 Å². The van der Waals surface area contributed by atoms with E-state index in [9.17, 15) is 9.59 Å². The van der Waals surface area contributed by atoms with Crippen molar-refractivity contribution in [3.63, 3.8) is 0 Å². The SMILES string of the molecule is C=CCCC(C(=O)NC)N(C)Cc1c(C#CCCCCCCCCCCCC(N)c2ccccc2)cccc1C=O. The summed E-state index contributed by atoms with van der Waals surface area (Å²) in [5.74, 6) is 6.60. The Hall–Kier alpha value is -3.20. The smallest absolute Gasteiger partial charge is 0.237 e. The minimum absolute atomic E-state index is 0.0332. The van der Waals surface area contributed by atoms with Crippen LogP contribution in [-0.2, 0) is 11.3 Å². The highest BCUT2D eigenvalue weighted by molar-refractivity contribution is 5.82. The summed E-state index contributed by atoms with van der Waals surface area (Å²) in [6, 6.07) is 15.9. The number of hydrogen-bond acceptors (Lipinski definition) is 4. The lowest BCUT2D eigenvalue weighted by Gasteiger charge is -2.27. The number of hydrogen-bond donors (Lipinski definition) is 2. The Labute approximate surface area is 249 Å². The summed E-state index contributed by atoms with van der Waals surface area (Å²) in [5, 5.41) is 2.75. The third-order valence-corrected chi connectivity index (χ3v) is 7.74. The van der Waals surface area contributed by atoms with Crippen LogP contribution in [0.15, 0.2) is 61.2 Å². The molecular formula is C36H51N3O2. The average Bonchev–Trinajstić information content (AvgIpc) is 3.00. The molecule has 0 aliphatic carbocycles. The summed E-state index contributed by atoms with van der Waals surface area (Å²) in [4.78, 5) is 26.2. The molecule has 0 heterocycles. The van der Waals surface area contributed by atoms with Crippen molar-refractivity contribution in [3.05, 3.63) is 83.4 Å². The number of benzene rings is 2. The topological polar surface area (TPSA) is 75.4 Å². The van der Waals surface area contributed by atoms with E-state index in [-0.39, 0.29) is 18.0 Å². The van der Waals surface area contributed by atoms with Crippen LogP contribution in [0.2, 0.25) is 0 Å². The molecule has 2 rings (SSSR count). The van der Waals surface area contributed by atoms with Crippen molar-refractivity contribution >= 4 is 12.2 Å². The number of likely N-dealkylation sites (N-methyl/N-ethyl adjacent to an activating group) is 2. The fourth-order valence-corrected chi connectivity index (χ4v) is 5.20. The third kappa shape index (κ3) is 12.9. The predicted octanol–water partition coefficient (Wildman–Crippen LogP) is 7.35. The number of nitrogens with one attached hydrogen (secondary N) is 1. The van der Waals surface area contributed by atoms with Gasteiger partial charge >= 0.3 is 0 Å². The van der Waals surface area contributed by atoms with E-state index in [1.165, 1.54) is 56.9 Å². The quantitative estimate of drug-likeness (QED) is 0.0772. The van der Waals surface area contributed by atoms with Crippen LogP contribution in [0.5, 0.6) is 0 Å². The lowest BCUT2D eigenvalue weighted by molar-refractivity contribution is -0.125. The Bertz CT molecular complexity index is 1100. The molecule has 0 radical (unpaired) electrons. The molecule has 0 saturated carbocycles. The molecule has 2 unspecified atom stereocenters. The van der Waals surface area contributed by atoms with Gasteiger partial charge in [0.1, 0.15) is 6.29 Å². The van der Waals surface area contributed by atoms with Crippen LogP contribution in [-0.4, -0.2) is 37.2 Å². The first-order valence-electron chi connectivity index (χ1n) is 15.4. The minimum atomic E-state index is -0.295. The number of nitrogens with zero attached hydrogens (tertiary/aromatic N) is 1. The first-order chi connectivity index (χ1) is 20.0. The standard InChI is InChI=1S/C36H51N3O2/c1-4-5-27-35(36(41)38-2)39(3)28-33-30(24-20-25-32(33)29-40)21-16-13-11-9-7-6-8-10-12-14-19-26-34(37)31-22-17-15-18-23-31/h4,15,17-18,20,22-25,29,34-35H,1,5-14,19,26-28,37H2,2-3H3,(H,38,41). The van der Waals surface area contributed by atoms with Crippen LogP contribution in [0.4, 0.5) is 0 Å². The van der Waals surface area contributed by atoms with Gasteiger partial charge in [-0.2, -0.15) is 0 Å². The fourth-order valence-electron chi connectivity index (χ4n) is 5.20. The Morgan fingerprint density at radius 2 is 1.61 bits per heavy atom. The number of carbonyl (C=O) groups excluding carboxylic acids is 2. The zero-order valence-corrected chi connectivity index (χ0v) is 25.4.